The van der Waals surface area contributed by atoms with Crippen LogP contribution in [0.2, 0.25) is 0 Å². The number of hydrazone groups is 1. The topological polar surface area (TPSA) is 78.9 Å². The van der Waals surface area contributed by atoms with E-state index in [1.165, 1.54) is 5.56 Å². The lowest BCUT2D eigenvalue weighted by molar-refractivity contribution is 1.01. The first-order valence-corrected chi connectivity index (χ1v) is 7.93. The van der Waals surface area contributed by atoms with Crippen molar-refractivity contribution in [2.75, 3.05) is 5.43 Å². The van der Waals surface area contributed by atoms with Crippen LogP contribution < -0.4 is 5.43 Å². The average Bonchev–Trinajstić information content (AvgIpc) is 2.99. The van der Waals surface area contributed by atoms with Gasteiger partial charge in [-0.05, 0) is 30.7 Å². The third kappa shape index (κ3) is 3.23. The van der Waals surface area contributed by atoms with Crippen LogP contribution >= 0.6 is 0 Å². The number of nitrogens with zero attached hydrogens (tertiary/aromatic N) is 4. The number of allylic oxidation sites excluding steroid dienone is 1. The van der Waals surface area contributed by atoms with E-state index in [0.29, 0.717) is 11.6 Å². The summed E-state index contributed by atoms with van der Waals surface area (Å²) in [6, 6.07) is 16.2. The van der Waals surface area contributed by atoms with Crippen molar-refractivity contribution in [2.24, 2.45) is 5.10 Å². The second-order valence-corrected chi connectivity index (χ2v) is 5.67. The lowest BCUT2D eigenvalue weighted by atomic mass is 10.2. The van der Waals surface area contributed by atoms with Gasteiger partial charge >= 0.3 is 0 Å². The van der Waals surface area contributed by atoms with Crippen LogP contribution in [0.5, 0.6) is 0 Å². The summed E-state index contributed by atoms with van der Waals surface area (Å²) in [6.07, 6.45) is 5.46. The smallest absolute Gasteiger partial charge is 0.265 e. The van der Waals surface area contributed by atoms with Gasteiger partial charge in [0.15, 0.2) is 5.65 Å². The molecule has 0 radical (unpaired) electrons. The lowest BCUT2D eigenvalue weighted by Crippen LogP contribution is -1.98. The molecule has 0 amide bonds. The number of rotatable bonds is 4. The Morgan fingerprint density at radius 2 is 1.96 bits per heavy atom. The average molecular weight is 328 g/mol. The molecular formula is C19H16N6. The standard InChI is InChI=1S/C19H16N6/c1-13-9-10-16-15(12-13)17-18(21-16)22-19(25-23-17)24-20-11-5-8-14-6-3-2-4-7-14/h2-12H,1H3,(H2,21,22,24,25)/b8-5+,20-11+. The third-order valence-corrected chi connectivity index (χ3v) is 3.78. The molecule has 0 aliphatic heterocycles. The SMILES string of the molecule is Cc1ccc2[nH]c3nc(N/N=C/C=C/c4ccccc4)nnc3c2c1. The van der Waals surface area contributed by atoms with Crippen LogP contribution in [0.1, 0.15) is 11.1 Å². The Morgan fingerprint density at radius 1 is 1.08 bits per heavy atom. The Morgan fingerprint density at radius 3 is 2.84 bits per heavy atom. The van der Waals surface area contributed by atoms with Gasteiger partial charge in [-0.1, -0.05) is 48.0 Å². The molecule has 122 valence electrons. The number of aryl methyl sites for hydroxylation is 1. The van der Waals surface area contributed by atoms with E-state index in [1.54, 1.807) is 6.21 Å². The highest BCUT2D eigenvalue weighted by molar-refractivity contribution is 6.03. The molecule has 2 aromatic heterocycles. The molecule has 0 aliphatic rings. The molecule has 2 N–H and O–H groups in total. The third-order valence-electron chi connectivity index (χ3n) is 3.78. The van der Waals surface area contributed by atoms with Gasteiger partial charge < -0.3 is 4.98 Å². The zero-order chi connectivity index (χ0) is 17.1. The van der Waals surface area contributed by atoms with Crippen molar-refractivity contribution < 1.29 is 0 Å². The number of nitrogens with one attached hydrogen (secondary N) is 2. The fourth-order valence-electron chi connectivity index (χ4n) is 2.59. The molecule has 4 aromatic rings. The molecular weight excluding hydrogens is 312 g/mol. The first kappa shape index (κ1) is 15.0. The fourth-order valence-corrected chi connectivity index (χ4v) is 2.59. The lowest BCUT2D eigenvalue weighted by Gasteiger charge is -1.96. The molecule has 0 spiro atoms. The molecule has 0 saturated carbocycles. The summed E-state index contributed by atoms with van der Waals surface area (Å²) >= 11 is 0. The van der Waals surface area contributed by atoms with E-state index in [2.05, 4.69) is 36.8 Å². The van der Waals surface area contributed by atoms with Crippen molar-refractivity contribution in [1.29, 1.82) is 0 Å². The summed E-state index contributed by atoms with van der Waals surface area (Å²) in [7, 11) is 0. The van der Waals surface area contributed by atoms with E-state index in [-0.39, 0.29) is 0 Å². The molecule has 6 nitrogen and oxygen atoms in total. The predicted molar refractivity (Wildman–Crippen MR) is 102 cm³/mol. The number of hydrogen-bond donors (Lipinski definition) is 2. The number of hydrogen-bond acceptors (Lipinski definition) is 5. The maximum Gasteiger partial charge on any atom is 0.265 e. The summed E-state index contributed by atoms with van der Waals surface area (Å²) in [4.78, 5) is 7.67. The monoisotopic (exact) mass is 328 g/mol. The largest absolute Gasteiger partial charge is 0.338 e. The van der Waals surface area contributed by atoms with Gasteiger partial charge in [-0.3, -0.25) is 0 Å². The minimum absolute atomic E-state index is 0.347. The van der Waals surface area contributed by atoms with E-state index in [0.717, 1.165) is 22.0 Å². The van der Waals surface area contributed by atoms with Crippen molar-refractivity contribution in [1.82, 2.24) is 20.2 Å². The normalized spacial score (nSPS) is 11.9. The zero-order valence-electron chi connectivity index (χ0n) is 13.6. The van der Waals surface area contributed by atoms with Gasteiger partial charge in [-0.25, -0.2) is 5.43 Å². The molecule has 0 atom stereocenters. The van der Waals surface area contributed by atoms with Crippen molar-refractivity contribution in [3.63, 3.8) is 0 Å². The Labute approximate surface area is 144 Å². The van der Waals surface area contributed by atoms with Gasteiger partial charge in [0.2, 0.25) is 0 Å². The molecule has 0 saturated heterocycles. The van der Waals surface area contributed by atoms with E-state index < -0.39 is 0 Å². The maximum absolute atomic E-state index is 4.42. The number of fused-ring (bicyclic) bond motifs is 3. The van der Waals surface area contributed by atoms with Gasteiger partial charge in [0.25, 0.3) is 5.95 Å². The molecule has 6 heteroatoms. The van der Waals surface area contributed by atoms with Gasteiger partial charge in [0.05, 0.1) is 0 Å². The molecule has 0 bridgehead atoms. The Balaban J connectivity index is 1.51. The summed E-state index contributed by atoms with van der Waals surface area (Å²) < 4.78 is 0. The van der Waals surface area contributed by atoms with Crippen LogP contribution in [0.25, 0.3) is 28.1 Å². The molecule has 2 aromatic carbocycles. The summed E-state index contributed by atoms with van der Waals surface area (Å²) in [5.74, 6) is 0.347. The summed E-state index contributed by atoms with van der Waals surface area (Å²) in [5.41, 5.74) is 7.52. The number of aromatic amines is 1. The highest BCUT2D eigenvalue weighted by atomic mass is 15.4. The van der Waals surface area contributed by atoms with Crippen LogP contribution in [0.15, 0.2) is 59.7 Å². The number of aromatic nitrogens is 4. The van der Waals surface area contributed by atoms with Crippen molar-refractivity contribution >= 4 is 40.3 Å². The van der Waals surface area contributed by atoms with Gasteiger partial charge in [-0.15, -0.1) is 10.2 Å². The van der Waals surface area contributed by atoms with E-state index >= 15 is 0 Å². The van der Waals surface area contributed by atoms with Crippen molar-refractivity contribution in [2.45, 2.75) is 6.92 Å². The second-order valence-electron chi connectivity index (χ2n) is 5.67. The number of benzene rings is 2. The quantitative estimate of drug-likeness (QED) is 0.439. The summed E-state index contributed by atoms with van der Waals surface area (Å²) in [5, 5.41) is 13.5. The first-order chi connectivity index (χ1) is 12.3. The Kier molecular flexibility index (Phi) is 3.92. The molecule has 2 heterocycles. The molecule has 25 heavy (non-hydrogen) atoms. The van der Waals surface area contributed by atoms with Gasteiger partial charge in [0, 0.05) is 17.1 Å². The first-order valence-electron chi connectivity index (χ1n) is 7.93. The maximum atomic E-state index is 4.42. The Bertz CT molecular complexity index is 1080. The fraction of sp³-hybridized carbons (Fsp3) is 0.0526. The van der Waals surface area contributed by atoms with Crippen molar-refractivity contribution in [3.8, 4) is 0 Å². The van der Waals surface area contributed by atoms with Crippen LogP contribution in [0, 0.1) is 6.92 Å². The van der Waals surface area contributed by atoms with Gasteiger partial charge in [0.1, 0.15) is 5.52 Å². The van der Waals surface area contributed by atoms with Crippen LogP contribution in [-0.2, 0) is 0 Å². The van der Waals surface area contributed by atoms with Crippen LogP contribution in [0.3, 0.4) is 0 Å². The number of anilines is 1. The second kappa shape index (κ2) is 6.52. The zero-order valence-corrected chi connectivity index (χ0v) is 13.6. The van der Waals surface area contributed by atoms with Gasteiger partial charge in [-0.2, -0.15) is 10.1 Å². The predicted octanol–water partition coefficient (Wildman–Crippen LogP) is 3.93. The minimum Gasteiger partial charge on any atom is -0.338 e. The Hall–Kier alpha value is -3.54. The van der Waals surface area contributed by atoms with Crippen LogP contribution in [0.4, 0.5) is 5.95 Å². The van der Waals surface area contributed by atoms with E-state index in [4.69, 9.17) is 0 Å². The molecule has 0 fully saturated rings. The minimum atomic E-state index is 0.347. The molecule has 4 rings (SSSR count). The highest BCUT2D eigenvalue weighted by Gasteiger charge is 2.08. The van der Waals surface area contributed by atoms with Crippen LogP contribution in [-0.4, -0.2) is 26.4 Å². The number of H-pyrrole nitrogens is 1. The molecule has 0 unspecified atom stereocenters. The highest BCUT2D eigenvalue weighted by Crippen LogP contribution is 2.23. The molecule has 0 aliphatic carbocycles. The van der Waals surface area contributed by atoms with Crippen molar-refractivity contribution in [3.05, 3.63) is 65.7 Å². The van der Waals surface area contributed by atoms with E-state index in [1.807, 2.05) is 61.5 Å². The summed E-state index contributed by atoms with van der Waals surface area (Å²) in [6.45, 7) is 2.05. The van der Waals surface area contributed by atoms with E-state index in [9.17, 15) is 0 Å².